The van der Waals surface area contributed by atoms with Crippen LogP contribution in [0.2, 0.25) is 0 Å². The molecule has 0 unspecified atom stereocenters. The summed E-state index contributed by atoms with van der Waals surface area (Å²) in [6.07, 6.45) is 1.67. The molecule has 0 spiro atoms. The summed E-state index contributed by atoms with van der Waals surface area (Å²) in [4.78, 5) is 36.2. The number of aryl methyl sites for hydroxylation is 1. The van der Waals surface area contributed by atoms with E-state index in [0.29, 0.717) is 36.8 Å². The highest BCUT2D eigenvalue weighted by Gasteiger charge is 2.17. The molecule has 1 aromatic carbocycles. The van der Waals surface area contributed by atoms with Gasteiger partial charge >= 0.3 is 5.97 Å². The monoisotopic (exact) mass is 372 g/mol. The summed E-state index contributed by atoms with van der Waals surface area (Å²) in [5.41, 5.74) is 0.0564. The minimum atomic E-state index is -0.758. The Labute approximate surface area is 155 Å². The minimum absolute atomic E-state index is 0.0133. The van der Waals surface area contributed by atoms with Crippen LogP contribution in [0.3, 0.4) is 0 Å². The lowest BCUT2D eigenvalue weighted by atomic mass is 10.1. The SMILES string of the molecule is CCCCn1nc(C(=O)OCC(=O)c2ccc3c(c2)OCCO3)ccc1=O. The van der Waals surface area contributed by atoms with Gasteiger partial charge in [-0.25, -0.2) is 9.48 Å². The number of unbranched alkanes of at least 4 members (excludes halogenated alkanes) is 1. The highest BCUT2D eigenvalue weighted by molar-refractivity contribution is 5.99. The summed E-state index contributed by atoms with van der Waals surface area (Å²) in [5, 5.41) is 4.00. The Hall–Kier alpha value is -3.16. The van der Waals surface area contributed by atoms with E-state index in [1.165, 1.54) is 16.8 Å². The number of nitrogens with zero attached hydrogens (tertiary/aromatic N) is 2. The normalized spacial score (nSPS) is 12.5. The number of hydrogen-bond acceptors (Lipinski definition) is 7. The third-order valence-electron chi connectivity index (χ3n) is 4.00. The average Bonchev–Trinajstić information content (AvgIpc) is 2.70. The van der Waals surface area contributed by atoms with Crippen LogP contribution < -0.4 is 15.0 Å². The maximum Gasteiger partial charge on any atom is 0.359 e. The highest BCUT2D eigenvalue weighted by Crippen LogP contribution is 2.30. The fourth-order valence-corrected chi connectivity index (χ4v) is 2.53. The second-order valence-corrected chi connectivity index (χ2v) is 5.99. The van der Waals surface area contributed by atoms with E-state index in [4.69, 9.17) is 14.2 Å². The summed E-state index contributed by atoms with van der Waals surface area (Å²) < 4.78 is 17.1. The summed E-state index contributed by atoms with van der Waals surface area (Å²) in [7, 11) is 0. The molecule has 2 aromatic rings. The van der Waals surface area contributed by atoms with E-state index in [1.807, 2.05) is 6.92 Å². The molecule has 0 saturated heterocycles. The van der Waals surface area contributed by atoms with Gasteiger partial charge < -0.3 is 14.2 Å². The minimum Gasteiger partial charge on any atom is -0.486 e. The molecule has 0 radical (unpaired) electrons. The molecule has 142 valence electrons. The van der Waals surface area contributed by atoms with Crippen LogP contribution in [-0.4, -0.2) is 41.4 Å². The Morgan fingerprint density at radius 2 is 1.93 bits per heavy atom. The van der Waals surface area contributed by atoms with Crippen LogP contribution in [0.25, 0.3) is 0 Å². The number of benzene rings is 1. The Bertz CT molecular complexity index is 905. The van der Waals surface area contributed by atoms with E-state index in [2.05, 4.69) is 5.10 Å². The van der Waals surface area contributed by atoms with Crippen LogP contribution >= 0.6 is 0 Å². The van der Waals surface area contributed by atoms with Crippen LogP contribution in [0.1, 0.15) is 40.6 Å². The van der Waals surface area contributed by atoms with E-state index in [1.54, 1.807) is 18.2 Å². The van der Waals surface area contributed by atoms with Crippen LogP contribution in [0.4, 0.5) is 0 Å². The molecule has 2 heterocycles. The smallest absolute Gasteiger partial charge is 0.359 e. The zero-order valence-electron chi connectivity index (χ0n) is 15.0. The van der Waals surface area contributed by atoms with E-state index >= 15 is 0 Å². The number of carbonyl (C=O) groups excluding carboxylic acids is 2. The van der Waals surface area contributed by atoms with Crippen molar-refractivity contribution in [3.63, 3.8) is 0 Å². The predicted octanol–water partition coefficient (Wildman–Crippen LogP) is 1.85. The third-order valence-corrected chi connectivity index (χ3v) is 4.00. The molecule has 1 aromatic heterocycles. The molecule has 0 bridgehead atoms. The first kappa shape index (κ1) is 18.6. The number of ether oxygens (including phenoxy) is 3. The van der Waals surface area contributed by atoms with Crippen LogP contribution in [0.5, 0.6) is 11.5 Å². The van der Waals surface area contributed by atoms with Gasteiger partial charge in [-0.15, -0.1) is 0 Å². The van der Waals surface area contributed by atoms with E-state index < -0.39 is 12.6 Å². The first-order valence-electron chi connectivity index (χ1n) is 8.76. The molecule has 0 atom stereocenters. The van der Waals surface area contributed by atoms with Crippen molar-refractivity contribution in [1.82, 2.24) is 9.78 Å². The first-order valence-corrected chi connectivity index (χ1v) is 8.76. The number of hydrogen-bond donors (Lipinski definition) is 0. The van der Waals surface area contributed by atoms with Crippen molar-refractivity contribution in [2.24, 2.45) is 0 Å². The lowest BCUT2D eigenvalue weighted by molar-refractivity contribution is 0.0466. The number of carbonyl (C=O) groups is 2. The van der Waals surface area contributed by atoms with Crippen molar-refractivity contribution >= 4 is 11.8 Å². The van der Waals surface area contributed by atoms with Crippen molar-refractivity contribution in [3.8, 4) is 11.5 Å². The molecule has 8 nitrogen and oxygen atoms in total. The number of rotatable bonds is 7. The standard InChI is InChI=1S/C19H20N2O6/c1-2-3-8-21-18(23)7-5-14(20-21)19(24)27-12-15(22)13-4-6-16-17(11-13)26-10-9-25-16/h4-7,11H,2-3,8-10,12H2,1H3. The van der Waals surface area contributed by atoms with Gasteiger partial charge in [-0.1, -0.05) is 13.3 Å². The Morgan fingerprint density at radius 3 is 2.70 bits per heavy atom. The van der Waals surface area contributed by atoms with Gasteiger partial charge in [0.05, 0.1) is 0 Å². The summed E-state index contributed by atoms with van der Waals surface area (Å²) >= 11 is 0. The number of ketones is 1. The average molecular weight is 372 g/mol. The quantitative estimate of drug-likeness (QED) is 0.540. The molecule has 0 N–H and O–H groups in total. The van der Waals surface area contributed by atoms with Gasteiger partial charge in [-0.2, -0.15) is 5.10 Å². The van der Waals surface area contributed by atoms with Crippen molar-refractivity contribution in [3.05, 3.63) is 51.9 Å². The summed E-state index contributed by atoms with van der Waals surface area (Å²) in [5.74, 6) is -0.0674. The second kappa shape index (κ2) is 8.48. The maximum absolute atomic E-state index is 12.3. The Balaban J connectivity index is 1.63. The number of fused-ring (bicyclic) bond motifs is 1. The molecule has 1 aliphatic rings. The van der Waals surface area contributed by atoms with Crippen molar-refractivity contribution in [1.29, 1.82) is 0 Å². The number of aromatic nitrogens is 2. The third kappa shape index (κ3) is 4.52. The molecular weight excluding hydrogens is 352 g/mol. The lowest BCUT2D eigenvalue weighted by Crippen LogP contribution is -2.25. The number of Topliss-reactive ketones (excluding diaryl/α,β-unsaturated/α-hetero) is 1. The summed E-state index contributed by atoms with van der Waals surface area (Å²) in [6, 6.07) is 7.36. The fourth-order valence-electron chi connectivity index (χ4n) is 2.53. The predicted molar refractivity (Wildman–Crippen MR) is 95.5 cm³/mol. The van der Waals surface area contributed by atoms with Gasteiger partial charge in [0, 0.05) is 18.2 Å². The molecule has 8 heteroatoms. The van der Waals surface area contributed by atoms with Crippen molar-refractivity contribution < 1.29 is 23.8 Å². The van der Waals surface area contributed by atoms with Crippen LogP contribution in [0, 0.1) is 0 Å². The molecular formula is C19H20N2O6. The Morgan fingerprint density at radius 1 is 1.15 bits per heavy atom. The summed E-state index contributed by atoms with van der Waals surface area (Å²) in [6.45, 7) is 2.86. The molecule has 0 aliphatic carbocycles. The lowest BCUT2D eigenvalue weighted by Gasteiger charge is -2.18. The molecule has 27 heavy (non-hydrogen) atoms. The van der Waals surface area contributed by atoms with Gasteiger partial charge in [0.15, 0.2) is 29.6 Å². The van der Waals surface area contributed by atoms with Crippen molar-refractivity contribution in [2.45, 2.75) is 26.3 Å². The van der Waals surface area contributed by atoms with E-state index in [0.717, 1.165) is 12.8 Å². The zero-order valence-corrected chi connectivity index (χ0v) is 15.0. The largest absolute Gasteiger partial charge is 0.486 e. The molecule has 0 fully saturated rings. The fraction of sp³-hybridized carbons (Fsp3) is 0.368. The zero-order chi connectivity index (χ0) is 19.2. The Kier molecular flexibility index (Phi) is 5.85. The molecule has 1 aliphatic heterocycles. The molecule has 0 amide bonds. The van der Waals surface area contributed by atoms with Gasteiger partial charge in [-0.05, 0) is 30.7 Å². The molecule has 0 saturated carbocycles. The maximum atomic E-state index is 12.3. The van der Waals surface area contributed by atoms with E-state index in [9.17, 15) is 14.4 Å². The van der Waals surface area contributed by atoms with Gasteiger partial charge in [0.25, 0.3) is 5.56 Å². The molecule has 3 rings (SSSR count). The van der Waals surface area contributed by atoms with Crippen LogP contribution in [-0.2, 0) is 11.3 Å². The van der Waals surface area contributed by atoms with Crippen LogP contribution in [0.15, 0.2) is 35.1 Å². The topological polar surface area (TPSA) is 96.7 Å². The number of esters is 1. The van der Waals surface area contributed by atoms with E-state index in [-0.39, 0.29) is 17.0 Å². The van der Waals surface area contributed by atoms with Gasteiger partial charge in [0.1, 0.15) is 13.2 Å². The van der Waals surface area contributed by atoms with Gasteiger partial charge in [-0.3, -0.25) is 9.59 Å². The highest BCUT2D eigenvalue weighted by atomic mass is 16.6. The van der Waals surface area contributed by atoms with Crippen molar-refractivity contribution in [2.75, 3.05) is 19.8 Å². The van der Waals surface area contributed by atoms with Gasteiger partial charge in [0.2, 0.25) is 0 Å². The second-order valence-electron chi connectivity index (χ2n) is 5.99. The first-order chi connectivity index (χ1) is 13.1.